The van der Waals surface area contributed by atoms with Crippen LogP contribution in [0.2, 0.25) is 0 Å². The zero-order chi connectivity index (χ0) is 26.9. The number of hydrogen-bond donors (Lipinski definition) is 1. The smallest absolute Gasteiger partial charge is 0.289 e. The number of hydrogen-bond acceptors (Lipinski definition) is 6. The predicted octanol–water partition coefficient (Wildman–Crippen LogP) is 5.35. The van der Waals surface area contributed by atoms with Crippen LogP contribution >= 0.6 is 0 Å². The number of imidazole rings is 1. The largest absolute Gasteiger partial charge is 0.497 e. The van der Waals surface area contributed by atoms with E-state index in [1.165, 1.54) is 19.3 Å². The first-order valence-electron chi connectivity index (χ1n) is 14.2. The summed E-state index contributed by atoms with van der Waals surface area (Å²) in [6.07, 6.45) is 8.53. The second-order valence-corrected chi connectivity index (χ2v) is 10.2. The fraction of sp³-hybridized carbons (Fsp3) is 0.600. The Morgan fingerprint density at radius 2 is 1.64 bits per heavy atom. The van der Waals surface area contributed by atoms with Crippen molar-refractivity contribution in [1.29, 1.82) is 0 Å². The molecule has 1 amide bonds. The summed E-state index contributed by atoms with van der Waals surface area (Å²) in [5.41, 5.74) is 1.22. The number of benzene rings is 1. The molecule has 4 rings (SSSR count). The summed E-state index contributed by atoms with van der Waals surface area (Å²) in [5.74, 6) is 1.30. The maximum Gasteiger partial charge on any atom is 0.289 e. The monoisotopic (exact) mass is 538 g/mol. The van der Waals surface area contributed by atoms with Crippen molar-refractivity contribution in [3.8, 4) is 17.1 Å². The van der Waals surface area contributed by atoms with Crippen LogP contribution in [0.5, 0.6) is 5.75 Å². The van der Waals surface area contributed by atoms with Crippen molar-refractivity contribution in [2.24, 2.45) is 0 Å². The Hall–Kier alpha value is -3.20. The molecule has 1 N–H and O–H groups in total. The van der Waals surface area contributed by atoms with E-state index in [0.29, 0.717) is 31.1 Å². The number of rotatable bonds is 13. The Labute approximate surface area is 232 Å². The van der Waals surface area contributed by atoms with Gasteiger partial charge in [-0.25, -0.2) is 9.97 Å². The highest BCUT2D eigenvalue weighted by atomic mass is 16.5. The molecular formula is C30H46N6O3. The summed E-state index contributed by atoms with van der Waals surface area (Å²) in [7, 11) is 1.64. The SMILES string of the molecule is C.CCCCN(CCCC)C(=O)c1nc2c(nc(-c3ccc(OC)cc3)n2CCCN2CCCCC2)c(=O)[nH]1. The molecule has 0 spiro atoms. The number of aromatic nitrogens is 4. The molecule has 1 aliphatic rings. The molecule has 0 atom stereocenters. The first-order chi connectivity index (χ1) is 18.5. The Morgan fingerprint density at radius 1 is 0.974 bits per heavy atom. The lowest BCUT2D eigenvalue weighted by molar-refractivity contribution is 0.0738. The fourth-order valence-corrected chi connectivity index (χ4v) is 5.08. The number of methoxy groups -OCH3 is 1. The Kier molecular flexibility index (Phi) is 11.5. The minimum absolute atomic E-state index is 0. The van der Waals surface area contributed by atoms with Crippen LogP contribution in [0.15, 0.2) is 29.1 Å². The van der Waals surface area contributed by atoms with Gasteiger partial charge in [0.2, 0.25) is 5.82 Å². The normalized spacial score (nSPS) is 13.8. The molecule has 0 radical (unpaired) electrons. The third kappa shape index (κ3) is 7.47. The number of carbonyl (C=O) groups excluding carboxylic acids is 1. The molecule has 1 aliphatic heterocycles. The summed E-state index contributed by atoms with van der Waals surface area (Å²) in [6.45, 7) is 9.45. The third-order valence-corrected chi connectivity index (χ3v) is 7.31. The first kappa shape index (κ1) is 30.3. The lowest BCUT2D eigenvalue weighted by Crippen LogP contribution is -2.35. The molecule has 0 aliphatic carbocycles. The summed E-state index contributed by atoms with van der Waals surface area (Å²) < 4.78 is 7.33. The summed E-state index contributed by atoms with van der Waals surface area (Å²) >= 11 is 0. The zero-order valence-electron chi connectivity index (χ0n) is 23.2. The van der Waals surface area contributed by atoms with E-state index < -0.39 is 0 Å². The standard InChI is InChI=1S/C29H42N6O3.CH4/c1-4-6-19-34(20-7-5-2)29(37)25-31-27-24(28(36)32-25)30-26(22-12-14-23(38-3)15-13-22)35(27)21-11-18-33-16-9-8-10-17-33;/h12-15H,4-11,16-21H2,1-3H3,(H,31,32,36);1H4. The van der Waals surface area contributed by atoms with E-state index in [1.807, 2.05) is 33.7 Å². The van der Waals surface area contributed by atoms with Gasteiger partial charge in [0.1, 0.15) is 11.6 Å². The summed E-state index contributed by atoms with van der Waals surface area (Å²) in [4.78, 5) is 43.2. The topological polar surface area (TPSA) is 96.3 Å². The Bertz CT molecular complexity index is 1240. The van der Waals surface area contributed by atoms with Crippen molar-refractivity contribution in [3.05, 3.63) is 40.4 Å². The van der Waals surface area contributed by atoms with Gasteiger partial charge in [0.25, 0.3) is 11.5 Å². The number of amides is 1. The predicted molar refractivity (Wildman–Crippen MR) is 157 cm³/mol. The average molecular weight is 539 g/mol. The van der Waals surface area contributed by atoms with E-state index in [-0.39, 0.29) is 30.2 Å². The zero-order valence-corrected chi connectivity index (χ0v) is 23.2. The second kappa shape index (κ2) is 14.8. The van der Waals surface area contributed by atoms with Crippen molar-refractivity contribution in [1.82, 2.24) is 29.3 Å². The van der Waals surface area contributed by atoms with Crippen molar-refractivity contribution >= 4 is 17.1 Å². The number of ether oxygens (including phenoxy) is 1. The van der Waals surface area contributed by atoms with Gasteiger partial charge in [0, 0.05) is 25.2 Å². The number of nitrogens with zero attached hydrogens (tertiary/aromatic N) is 5. The molecule has 1 aromatic carbocycles. The van der Waals surface area contributed by atoms with Crippen molar-refractivity contribution < 1.29 is 9.53 Å². The van der Waals surface area contributed by atoms with Gasteiger partial charge in [-0.05, 0) is 76.0 Å². The van der Waals surface area contributed by atoms with E-state index in [9.17, 15) is 9.59 Å². The number of likely N-dealkylation sites (tertiary alicyclic amines) is 1. The molecule has 3 heterocycles. The van der Waals surface area contributed by atoms with Gasteiger partial charge < -0.3 is 24.1 Å². The van der Waals surface area contributed by atoms with Crippen LogP contribution in [0.25, 0.3) is 22.6 Å². The quantitative estimate of drug-likeness (QED) is 0.315. The van der Waals surface area contributed by atoms with Gasteiger partial charge >= 0.3 is 0 Å². The number of H-pyrrole nitrogens is 1. The van der Waals surface area contributed by atoms with Crippen LogP contribution < -0.4 is 10.3 Å². The second-order valence-electron chi connectivity index (χ2n) is 10.2. The van der Waals surface area contributed by atoms with E-state index in [2.05, 4.69) is 23.7 Å². The first-order valence-corrected chi connectivity index (χ1v) is 14.2. The van der Waals surface area contributed by atoms with Crippen LogP contribution in [0.1, 0.15) is 83.3 Å². The number of aryl methyl sites for hydroxylation is 1. The van der Waals surface area contributed by atoms with Crippen molar-refractivity contribution in [2.45, 2.75) is 79.2 Å². The minimum atomic E-state index is -0.381. The summed E-state index contributed by atoms with van der Waals surface area (Å²) in [5, 5.41) is 0. The molecule has 0 saturated carbocycles. The maximum atomic E-state index is 13.5. The fourth-order valence-electron chi connectivity index (χ4n) is 5.08. The number of piperidine rings is 1. The molecule has 2 aromatic heterocycles. The molecule has 0 unspecified atom stereocenters. The Morgan fingerprint density at radius 3 is 2.26 bits per heavy atom. The molecule has 214 valence electrons. The van der Waals surface area contributed by atoms with Crippen LogP contribution in [-0.4, -0.2) is 75.1 Å². The number of fused-ring (bicyclic) bond motifs is 1. The summed E-state index contributed by atoms with van der Waals surface area (Å²) in [6, 6.07) is 7.66. The van der Waals surface area contributed by atoms with E-state index in [1.54, 1.807) is 7.11 Å². The van der Waals surface area contributed by atoms with Crippen molar-refractivity contribution in [3.63, 3.8) is 0 Å². The van der Waals surface area contributed by atoms with E-state index >= 15 is 0 Å². The molecule has 3 aromatic rings. The van der Waals surface area contributed by atoms with Crippen LogP contribution in [0, 0.1) is 0 Å². The molecule has 0 bridgehead atoms. The van der Waals surface area contributed by atoms with Crippen LogP contribution in [0.3, 0.4) is 0 Å². The molecule has 9 nitrogen and oxygen atoms in total. The number of unbranched alkanes of at least 4 members (excludes halogenated alkanes) is 2. The van der Waals surface area contributed by atoms with Gasteiger partial charge in [0.15, 0.2) is 11.2 Å². The molecule has 9 heteroatoms. The highest BCUT2D eigenvalue weighted by Crippen LogP contribution is 2.25. The van der Waals surface area contributed by atoms with Gasteiger partial charge in [-0.15, -0.1) is 0 Å². The average Bonchev–Trinajstić information content (AvgIpc) is 3.32. The van der Waals surface area contributed by atoms with Crippen LogP contribution in [0.4, 0.5) is 0 Å². The van der Waals surface area contributed by atoms with Crippen molar-refractivity contribution in [2.75, 3.05) is 39.8 Å². The van der Waals surface area contributed by atoms with Crippen LogP contribution in [-0.2, 0) is 6.54 Å². The molecule has 1 saturated heterocycles. The van der Waals surface area contributed by atoms with Gasteiger partial charge in [0.05, 0.1) is 7.11 Å². The van der Waals surface area contributed by atoms with Gasteiger partial charge in [-0.3, -0.25) is 9.59 Å². The third-order valence-electron chi connectivity index (χ3n) is 7.31. The highest BCUT2D eigenvalue weighted by molar-refractivity contribution is 5.92. The lowest BCUT2D eigenvalue weighted by Gasteiger charge is -2.26. The van der Waals surface area contributed by atoms with E-state index in [0.717, 1.165) is 63.1 Å². The number of carbonyl (C=O) groups is 1. The van der Waals surface area contributed by atoms with E-state index in [4.69, 9.17) is 14.7 Å². The molecule has 1 fully saturated rings. The maximum absolute atomic E-state index is 13.5. The highest BCUT2D eigenvalue weighted by Gasteiger charge is 2.23. The Balaban J connectivity index is 0.00000420. The lowest BCUT2D eigenvalue weighted by atomic mass is 10.1. The number of aromatic amines is 1. The minimum Gasteiger partial charge on any atom is -0.497 e. The molecule has 39 heavy (non-hydrogen) atoms. The number of nitrogens with one attached hydrogen (secondary N) is 1. The van der Waals surface area contributed by atoms with Gasteiger partial charge in [-0.2, -0.15) is 0 Å². The van der Waals surface area contributed by atoms with Gasteiger partial charge in [-0.1, -0.05) is 40.5 Å². The molecular weight excluding hydrogens is 492 g/mol.